The van der Waals surface area contributed by atoms with Gasteiger partial charge in [0.25, 0.3) is 0 Å². The van der Waals surface area contributed by atoms with Gasteiger partial charge >= 0.3 is 0 Å². The molecule has 0 bridgehead atoms. The minimum Gasteiger partial charge on any atom is -0.476 e. The van der Waals surface area contributed by atoms with Gasteiger partial charge in [0.05, 0.1) is 12.2 Å². The molecule has 0 saturated heterocycles. The zero-order valence-electron chi connectivity index (χ0n) is 14.6. The summed E-state index contributed by atoms with van der Waals surface area (Å²) < 4.78 is 11.9. The normalized spacial score (nSPS) is 15.0. The van der Waals surface area contributed by atoms with Gasteiger partial charge in [-0.2, -0.15) is 0 Å². The van der Waals surface area contributed by atoms with Gasteiger partial charge in [-0.05, 0) is 43.5 Å². The number of benzene rings is 2. The molecule has 3 rings (SSSR count). The fourth-order valence-electron chi connectivity index (χ4n) is 2.59. The first-order chi connectivity index (χ1) is 12.3. The summed E-state index contributed by atoms with van der Waals surface area (Å²) in [5, 5.41) is 4.17. The molecule has 25 heavy (non-hydrogen) atoms. The molecule has 5 nitrogen and oxygen atoms in total. The standard InChI is InChI=1S/C20H22N2O3/c1-15-9-3-5-11-17(15)25-18-12-6-4-10-16(18)19(22-23-2)20-21-13-7-8-14-24-20/h3-6,9-12H,7-8,13-14H2,1-2H3. The molecule has 0 aromatic heterocycles. The maximum atomic E-state index is 6.14. The summed E-state index contributed by atoms with van der Waals surface area (Å²) in [6.07, 6.45) is 1.99. The van der Waals surface area contributed by atoms with E-state index in [1.54, 1.807) is 0 Å². The Kier molecular flexibility index (Phi) is 5.67. The molecule has 0 aliphatic carbocycles. The molecule has 0 unspecified atom stereocenters. The molecule has 0 radical (unpaired) electrons. The Balaban J connectivity index is 1.99. The van der Waals surface area contributed by atoms with Crippen LogP contribution in [0.3, 0.4) is 0 Å². The van der Waals surface area contributed by atoms with Gasteiger partial charge in [-0.3, -0.25) is 0 Å². The molecule has 1 aliphatic heterocycles. The minimum absolute atomic E-state index is 0.500. The predicted molar refractivity (Wildman–Crippen MR) is 98.7 cm³/mol. The summed E-state index contributed by atoms with van der Waals surface area (Å²) in [5.41, 5.74) is 2.40. The topological polar surface area (TPSA) is 52.4 Å². The van der Waals surface area contributed by atoms with E-state index >= 15 is 0 Å². The number of ether oxygens (including phenoxy) is 2. The number of rotatable bonds is 5. The van der Waals surface area contributed by atoms with E-state index < -0.39 is 0 Å². The van der Waals surface area contributed by atoms with Crippen molar-refractivity contribution in [3.8, 4) is 11.5 Å². The molecular weight excluding hydrogens is 316 g/mol. The van der Waals surface area contributed by atoms with Gasteiger partial charge in [0, 0.05) is 6.54 Å². The lowest BCUT2D eigenvalue weighted by molar-refractivity contribution is 0.213. The van der Waals surface area contributed by atoms with Crippen LogP contribution in [0.15, 0.2) is 58.7 Å². The third kappa shape index (κ3) is 4.18. The van der Waals surface area contributed by atoms with Gasteiger partial charge in [0.2, 0.25) is 5.90 Å². The average Bonchev–Trinajstić information content (AvgIpc) is 2.92. The Morgan fingerprint density at radius 1 is 1.04 bits per heavy atom. The second-order valence-electron chi connectivity index (χ2n) is 5.73. The molecule has 1 heterocycles. The van der Waals surface area contributed by atoms with E-state index in [0.717, 1.165) is 36.3 Å². The molecule has 0 N–H and O–H groups in total. The first kappa shape index (κ1) is 17.0. The summed E-state index contributed by atoms with van der Waals surface area (Å²) in [6.45, 7) is 3.36. The van der Waals surface area contributed by atoms with Crippen LogP contribution in [0, 0.1) is 6.92 Å². The summed E-state index contributed by atoms with van der Waals surface area (Å²) >= 11 is 0. The van der Waals surface area contributed by atoms with Crippen LogP contribution in [-0.4, -0.2) is 31.9 Å². The third-order valence-electron chi connectivity index (χ3n) is 3.89. The minimum atomic E-state index is 0.500. The van der Waals surface area contributed by atoms with Crippen molar-refractivity contribution in [1.82, 2.24) is 0 Å². The van der Waals surface area contributed by atoms with Crippen LogP contribution in [-0.2, 0) is 9.57 Å². The van der Waals surface area contributed by atoms with Crippen molar-refractivity contribution in [2.24, 2.45) is 10.1 Å². The number of hydrogen-bond donors (Lipinski definition) is 0. The molecule has 2 aromatic rings. The van der Waals surface area contributed by atoms with Crippen LogP contribution in [0.2, 0.25) is 0 Å². The lowest BCUT2D eigenvalue weighted by atomic mass is 10.1. The van der Waals surface area contributed by atoms with E-state index in [4.69, 9.17) is 14.3 Å². The van der Waals surface area contributed by atoms with E-state index in [0.29, 0.717) is 24.0 Å². The third-order valence-corrected chi connectivity index (χ3v) is 3.89. The van der Waals surface area contributed by atoms with Crippen molar-refractivity contribution in [2.45, 2.75) is 19.8 Å². The van der Waals surface area contributed by atoms with Crippen LogP contribution < -0.4 is 4.74 Å². The Morgan fingerprint density at radius 3 is 2.60 bits per heavy atom. The molecule has 2 aromatic carbocycles. The maximum Gasteiger partial charge on any atom is 0.239 e. The van der Waals surface area contributed by atoms with Crippen molar-refractivity contribution < 1.29 is 14.3 Å². The second kappa shape index (κ2) is 8.33. The molecule has 0 atom stereocenters. The Morgan fingerprint density at radius 2 is 1.80 bits per heavy atom. The first-order valence-electron chi connectivity index (χ1n) is 8.41. The fraction of sp³-hybridized carbons (Fsp3) is 0.300. The average molecular weight is 338 g/mol. The van der Waals surface area contributed by atoms with Crippen LogP contribution >= 0.6 is 0 Å². The van der Waals surface area contributed by atoms with Gasteiger partial charge < -0.3 is 14.3 Å². The van der Waals surface area contributed by atoms with E-state index in [2.05, 4.69) is 10.1 Å². The largest absolute Gasteiger partial charge is 0.476 e. The lowest BCUT2D eigenvalue weighted by Crippen LogP contribution is -2.20. The Bertz CT molecular complexity index is 784. The molecule has 0 spiro atoms. The Hall–Kier alpha value is -2.82. The highest BCUT2D eigenvalue weighted by Crippen LogP contribution is 2.28. The molecular formula is C20H22N2O3. The molecule has 0 amide bonds. The van der Waals surface area contributed by atoms with Gasteiger partial charge in [0.15, 0.2) is 5.71 Å². The molecule has 0 fully saturated rings. The van der Waals surface area contributed by atoms with Crippen LogP contribution in [0.25, 0.3) is 0 Å². The zero-order chi connectivity index (χ0) is 17.5. The van der Waals surface area contributed by atoms with Crippen molar-refractivity contribution in [3.63, 3.8) is 0 Å². The predicted octanol–water partition coefficient (Wildman–Crippen LogP) is 4.35. The first-order valence-corrected chi connectivity index (χ1v) is 8.41. The van der Waals surface area contributed by atoms with Gasteiger partial charge in [-0.1, -0.05) is 35.5 Å². The van der Waals surface area contributed by atoms with Crippen molar-refractivity contribution in [2.75, 3.05) is 20.3 Å². The Labute approximate surface area is 147 Å². The zero-order valence-corrected chi connectivity index (χ0v) is 14.6. The summed E-state index contributed by atoms with van der Waals surface area (Å²) in [7, 11) is 1.52. The fourth-order valence-corrected chi connectivity index (χ4v) is 2.59. The van der Waals surface area contributed by atoms with Crippen molar-refractivity contribution >= 4 is 11.6 Å². The molecule has 130 valence electrons. The number of nitrogens with zero attached hydrogens (tertiary/aromatic N) is 2. The smallest absolute Gasteiger partial charge is 0.239 e. The quantitative estimate of drug-likeness (QED) is 0.602. The maximum absolute atomic E-state index is 6.14. The highest BCUT2D eigenvalue weighted by atomic mass is 16.6. The molecule has 1 aliphatic rings. The van der Waals surface area contributed by atoms with Crippen LogP contribution in [0.5, 0.6) is 11.5 Å². The summed E-state index contributed by atoms with van der Waals surface area (Å²) in [6, 6.07) is 15.6. The van der Waals surface area contributed by atoms with Crippen molar-refractivity contribution in [3.05, 3.63) is 59.7 Å². The van der Waals surface area contributed by atoms with Crippen LogP contribution in [0.1, 0.15) is 24.0 Å². The van der Waals surface area contributed by atoms with E-state index in [1.165, 1.54) is 7.11 Å². The van der Waals surface area contributed by atoms with E-state index in [-0.39, 0.29) is 0 Å². The van der Waals surface area contributed by atoms with E-state index in [1.807, 2.05) is 55.5 Å². The number of aryl methyl sites for hydroxylation is 1. The van der Waals surface area contributed by atoms with Gasteiger partial charge in [-0.25, -0.2) is 4.99 Å². The lowest BCUT2D eigenvalue weighted by Gasteiger charge is -2.15. The number of aliphatic imine (C=N–C) groups is 1. The highest BCUT2D eigenvalue weighted by molar-refractivity contribution is 6.46. The van der Waals surface area contributed by atoms with Gasteiger partial charge in [0.1, 0.15) is 18.6 Å². The summed E-state index contributed by atoms with van der Waals surface area (Å²) in [5.74, 6) is 1.98. The number of oxime groups is 1. The number of hydrogen-bond acceptors (Lipinski definition) is 5. The molecule has 5 heteroatoms. The van der Waals surface area contributed by atoms with Crippen LogP contribution in [0.4, 0.5) is 0 Å². The second-order valence-corrected chi connectivity index (χ2v) is 5.73. The molecule has 0 saturated carbocycles. The number of para-hydroxylation sites is 2. The monoisotopic (exact) mass is 338 g/mol. The summed E-state index contributed by atoms with van der Waals surface area (Å²) in [4.78, 5) is 9.57. The highest BCUT2D eigenvalue weighted by Gasteiger charge is 2.20. The van der Waals surface area contributed by atoms with Gasteiger partial charge in [-0.15, -0.1) is 0 Å². The van der Waals surface area contributed by atoms with Crippen molar-refractivity contribution in [1.29, 1.82) is 0 Å². The van der Waals surface area contributed by atoms with E-state index in [9.17, 15) is 0 Å². The SMILES string of the molecule is CON=C(C1=NCCCCO1)c1ccccc1Oc1ccccc1C.